The van der Waals surface area contributed by atoms with Gasteiger partial charge in [0, 0.05) is 11.9 Å². The van der Waals surface area contributed by atoms with Crippen LogP contribution in [0.5, 0.6) is 0 Å². The number of pyridine rings is 1. The second-order valence-electron chi connectivity index (χ2n) is 8.51. The van der Waals surface area contributed by atoms with Gasteiger partial charge in [0.05, 0.1) is 22.2 Å². The summed E-state index contributed by atoms with van der Waals surface area (Å²) >= 11 is 0. The molecular weight excluding hydrogens is 414 g/mol. The van der Waals surface area contributed by atoms with Crippen molar-refractivity contribution in [2.45, 2.75) is 62.9 Å². The number of hydrogen-bond acceptors (Lipinski definition) is 5. The van der Waals surface area contributed by atoms with Crippen LogP contribution >= 0.6 is 0 Å². The van der Waals surface area contributed by atoms with Crippen LogP contribution in [0.25, 0.3) is 0 Å². The summed E-state index contributed by atoms with van der Waals surface area (Å²) in [6.45, 7) is 3.17. The molecule has 2 aliphatic carbocycles. The highest BCUT2D eigenvalue weighted by Gasteiger charge is 2.29. The van der Waals surface area contributed by atoms with Gasteiger partial charge >= 0.3 is 6.03 Å². The van der Waals surface area contributed by atoms with Gasteiger partial charge in [-0.05, 0) is 86.8 Å². The van der Waals surface area contributed by atoms with Gasteiger partial charge in [-0.25, -0.2) is 14.1 Å². The van der Waals surface area contributed by atoms with Crippen LogP contribution < -0.4 is 10.5 Å². The largest absolute Gasteiger partial charge is 0.384 e. The molecule has 0 saturated carbocycles. The summed E-state index contributed by atoms with van der Waals surface area (Å²) in [4.78, 5) is 16.9. The number of benzene rings is 1. The predicted molar refractivity (Wildman–Crippen MR) is 117 cm³/mol. The van der Waals surface area contributed by atoms with Crippen LogP contribution in [0.15, 0.2) is 27.6 Å². The Hall–Kier alpha value is -2.80. The van der Waals surface area contributed by atoms with Gasteiger partial charge < -0.3 is 10.4 Å². The van der Waals surface area contributed by atoms with Gasteiger partial charge in [0.2, 0.25) is 0 Å². The van der Waals surface area contributed by atoms with E-state index in [0.717, 1.165) is 66.3 Å². The summed E-state index contributed by atoms with van der Waals surface area (Å²) in [5.41, 5.74) is 4.70. The lowest BCUT2D eigenvalue weighted by Gasteiger charge is -2.17. The molecule has 1 atom stereocenters. The molecule has 0 fully saturated rings. The van der Waals surface area contributed by atoms with Crippen LogP contribution in [0.4, 0.5) is 10.5 Å². The average Bonchev–Trinajstić information content (AvgIpc) is 3.37. The number of nitriles is 1. The number of nitrogens with zero attached hydrogens (tertiary/aromatic N) is 3. The minimum Gasteiger partial charge on any atom is -0.384 e. The number of hydrogen-bond donors (Lipinski definition) is 3. The zero-order valence-electron chi connectivity index (χ0n) is 17.6. The SMILES string of the molecule is CC(C)(O)c1ccc([S@](N)(=O)=NC(=O)Nc2c3c(c(C#N)c4c2CCC4)CCC3)cn1. The van der Waals surface area contributed by atoms with Gasteiger partial charge in [0.25, 0.3) is 0 Å². The van der Waals surface area contributed by atoms with Crippen molar-refractivity contribution in [3.8, 4) is 6.07 Å². The Morgan fingerprint density at radius 1 is 1.19 bits per heavy atom. The number of urea groups is 1. The lowest BCUT2D eigenvalue weighted by molar-refractivity contribution is 0.0737. The van der Waals surface area contributed by atoms with E-state index >= 15 is 0 Å². The van der Waals surface area contributed by atoms with E-state index in [9.17, 15) is 19.4 Å². The van der Waals surface area contributed by atoms with Crippen molar-refractivity contribution in [3.63, 3.8) is 0 Å². The van der Waals surface area contributed by atoms with E-state index in [-0.39, 0.29) is 4.90 Å². The summed E-state index contributed by atoms with van der Waals surface area (Å²) in [7, 11) is -3.52. The quantitative estimate of drug-likeness (QED) is 0.674. The van der Waals surface area contributed by atoms with Crippen molar-refractivity contribution < 1.29 is 14.1 Å². The molecule has 4 rings (SSSR count). The number of carbonyl (C=O) groups excluding carboxylic acids is 1. The van der Waals surface area contributed by atoms with Crippen LogP contribution in [0.2, 0.25) is 0 Å². The van der Waals surface area contributed by atoms with E-state index in [4.69, 9.17) is 5.14 Å². The molecule has 4 N–H and O–H groups in total. The first-order valence-corrected chi connectivity index (χ1v) is 11.8. The third-order valence-corrected chi connectivity index (χ3v) is 7.26. The fourth-order valence-corrected chi connectivity index (χ4v) is 5.33. The first kappa shape index (κ1) is 21.4. The van der Waals surface area contributed by atoms with E-state index in [1.165, 1.54) is 18.3 Å². The summed E-state index contributed by atoms with van der Waals surface area (Å²) in [6.07, 6.45) is 6.33. The molecule has 1 aromatic carbocycles. The second kappa shape index (κ2) is 7.71. The maximum absolute atomic E-state index is 12.9. The first-order chi connectivity index (χ1) is 14.6. The number of nitrogens with two attached hydrogens (primary N) is 1. The van der Waals surface area contributed by atoms with E-state index < -0.39 is 21.5 Å². The molecule has 9 heteroatoms. The molecule has 0 saturated heterocycles. The molecule has 0 aliphatic heterocycles. The van der Waals surface area contributed by atoms with Crippen molar-refractivity contribution >= 4 is 21.6 Å². The zero-order valence-corrected chi connectivity index (χ0v) is 18.4. The van der Waals surface area contributed by atoms with Gasteiger partial charge in [0.15, 0.2) is 0 Å². The van der Waals surface area contributed by atoms with E-state index in [1.54, 1.807) is 13.8 Å². The minimum absolute atomic E-state index is 0.103. The Balaban J connectivity index is 1.67. The standard InChI is InChI=1S/C22H25N5O3S/c1-22(2,29)19-10-9-13(12-25-19)31(24,30)27-21(28)26-20-16-7-3-5-14(16)18(11-23)15-6-4-8-17(15)20/h9-10,12,29H,3-8H2,1-2H3,(H3,24,26,27,28,30)/t31-/m1/s1. The molecule has 2 aromatic rings. The average molecular weight is 440 g/mol. The Kier molecular flexibility index (Phi) is 5.33. The van der Waals surface area contributed by atoms with Gasteiger partial charge in [0.1, 0.15) is 15.5 Å². The molecule has 1 heterocycles. The summed E-state index contributed by atoms with van der Waals surface area (Å²) in [5, 5.41) is 28.4. The fourth-order valence-electron chi connectivity index (χ4n) is 4.46. The second-order valence-corrected chi connectivity index (χ2v) is 10.3. The molecule has 0 spiro atoms. The molecule has 0 radical (unpaired) electrons. The lowest BCUT2D eigenvalue weighted by Crippen LogP contribution is -2.21. The predicted octanol–water partition coefficient (Wildman–Crippen LogP) is 3.09. The normalized spacial score (nSPS) is 16.7. The van der Waals surface area contributed by atoms with Crippen molar-refractivity contribution in [1.82, 2.24) is 4.98 Å². The summed E-state index contributed by atoms with van der Waals surface area (Å²) in [6, 6.07) is 4.54. The highest BCUT2D eigenvalue weighted by molar-refractivity contribution is 7.91. The molecule has 31 heavy (non-hydrogen) atoms. The number of aliphatic hydroxyl groups is 1. The molecule has 1 aromatic heterocycles. The monoisotopic (exact) mass is 439 g/mol. The Bertz CT molecular complexity index is 1190. The van der Waals surface area contributed by atoms with Crippen LogP contribution in [0, 0.1) is 11.3 Å². The van der Waals surface area contributed by atoms with E-state index in [0.29, 0.717) is 11.4 Å². The molecule has 2 amide bonds. The van der Waals surface area contributed by atoms with E-state index in [2.05, 4.69) is 20.7 Å². The van der Waals surface area contributed by atoms with Gasteiger partial charge in [-0.15, -0.1) is 4.36 Å². The zero-order chi connectivity index (χ0) is 22.4. The van der Waals surface area contributed by atoms with Gasteiger partial charge in [-0.1, -0.05) is 0 Å². The molecule has 0 unspecified atom stereocenters. The number of nitrogens with one attached hydrogen (secondary N) is 1. The topological polar surface area (TPSA) is 141 Å². The Labute approximate surface area is 181 Å². The number of fused-ring (bicyclic) bond motifs is 2. The van der Waals surface area contributed by atoms with Crippen LogP contribution in [-0.2, 0) is 41.2 Å². The Morgan fingerprint density at radius 2 is 1.77 bits per heavy atom. The maximum Gasteiger partial charge on any atom is 0.354 e. The third-order valence-electron chi connectivity index (χ3n) is 5.91. The van der Waals surface area contributed by atoms with Crippen molar-refractivity contribution in [1.29, 1.82) is 5.26 Å². The Morgan fingerprint density at radius 3 is 2.26 bits per heavy atom. The smallest absolute Gasteiger partial charge is 0.354 e. The molecule has 162 valence electrons. The molecular formula is C22H25N5O3S. The number of rotatable bonds is 3. The lowest BCUT2D eigenvalue weighted by atomic mass is 9.93. The van der Waals surface area contributed by atoms with Crippen LogP contribution in [0.3, 0.4) is 0 Å². The number of anilines is 1. The number of amides is 2. The van der Waals surface area contributed by atoms with Crippen LogP contribution in [0.1, 0.15) is 60.2 Å². The van der Waals surface area contributed by atoms with Gasteiger partial charge in [-0.3, -0.25) is 4.98 Å². The van der Waals surface area contributed by atoms with E-state index in [1.807, 2.05) is 0 Å². The summed E-state index contributed by atoms with van der Waals surface area (Å²) in [5.74, 6) is 0. The first-order valence-electron chi connectivity index (χ1n) is 10.3. The van der Waals surface area contributed by atoms with Crippen molar-refractivity contribution in [2.24, 2.45) is 9.50 Å². The highest BCUT2D eigenvalue weighted by atomic mass is 32.2. The molecule has 0 bridgehead atoms. The molecule has 2 aliphatic rings. The van der Waals surface area contributed by atoms with Crippen molar-refractivity contribution in [2.75, 3.05) is 5.32 Å². The third kappa shape index (κ3) is 3.94. The number of aromatic nitrogens is 1. The fraction of sp³-hybridized carbons (Fsp3) is 0.409. The highest BCUT2D eigenvalue weighted by Crippen LogP contribution is 2.41. The maximum atomic E-state index is 12.9. The minimum atomic E-state index is -3.52. The van der Waals surface area contributed by atoms with Gasteiger partial charge in [-0.2, -0.15) is 5.26 Å². The van der Waals surface area contributed by atoms with Crippen molar-refractivity contribution in [3.05, 3.63) is 51.8 Å². The number of carbonyl (C=O) groups is 1. The van der Waals surface area contributed by atoms with Crippen LogP contribution in [-0.4, -0.2) is 20.3 Å². The summed E-state index contributed by atoms with van der Waals surface area (Å²) < 4.78 is 16.7. The molecule has 8 nitrogen and oxygen atoms in total.